The van der Waals surface area contributed by atoms with Crippen LogP contribution >= 0.6 is 11.3 Å². The van der Waals surface area contributed by atoms with E-state index in [-0.39, 0.29) is 12.8 Å². The minimum Gasteiger partial charge on any atom is -0.481 e. The molecular weight excluding hydrogens is 216 g/mol. The van der Waals surface area contributed by atoms with Gasteiger partial charge in [0, 0.05) is 10.3 Å². The maximum atomic E-state index is 10.7. The van der Waals surface area contributed by atoms with Crippen LogP contribution in [0, 0.1) is 0 Å². The van der Waals surface area contributed by atoms with Gasteiger partial charge >= 0.3 is 11.9 Å². The molecule has 0 atom stereocenters. The molecule has 0 unspecified atom stereocenters. The normalized spacial score (nSPS) is 11.3. The van der Waals surface area contributed by atoms with Crippen molar-refractivity contribution in [3.8, 4) is 0 Å². The van der Waals surface area contributed by atoms with Crippen molar-refractivity contribution in [2.75, 3.05) is 0 Å². The molecule has 0 aliphatic rings. The van der Waals surface area contributed by atoms with Gasteiger partial charge in [0.05, 0.1) is 12.8 Å². The average Bonchev–Trinajstić information content (AvgIpc) is 2.51. The summed E-state index contributed by atoms with van der Waals surface area (Å²) in [6.45, 7) is 1.67. The van der Waals surface area contributed by atoms with Gasteiger partial charge in [0.15, 0.2) is 0 Å². The van der Waals surface area contributed by atoms with Crippen molar-refractivity contribution in [1.82, 2.24) is 0 Å². The summed E-state index contributed by atoms with van der Waals surface area (Å²) in [5.41, 5.74) is -0.814. The van der Waals surface area contributed by atoms with E-state index in [9.17, 15) is 9.59 Å². The molecule has 0 aliphatic heterocycles. The van der Waals surface area contributed by atoms with Crippen LogP contribution in [-0.2, 0) is 15.0 Å². The van der Waals surface area contributed by atoms with E-state index in [0.717, 1.165) is 4.88 Å². The summed E-state index contributed by atoms with van der Waals surface area (Å²) in [7, 11) is 0. The predicted molar refractivity (Wildman–Crippen MR) is 56.2 cm³/mol. The molecule has 2 N–H and O–H groups in total. The molecule has 0 saturated heterocycles. The van der Waals surface area contributed by atoms with Gasteiger partial charge in [0.1, 0.15) is 0 Å². The summed E-state index contributed by atoms with van der Waals surface area (Å²) in [6, 6.07) is 3.57. The molecule has 82 valence electrons. The van der Waals surface area contributed by atoms with Crippen molar-refractivity contribution in [1.29, 1.82) is 0 Å². The average molecular weight is 228 g/mol. The van der Waals surface area contributed by atoms with E-state index < -0.39 is 17.4 Å². The Morgan fingerprint density at radius 2 is 1.87 bits per heavy atom. The molecule has 0 saturated carbocycles. The minimum atomic E-state index is -0.979. The molecule has 0 amide bonds. The van der Waals surface area contributed by atoms with Gasteiger partial charge in [-0.3, -0.25) is 9.59 Å². The quantitative estimate of drug-likeness (QED) is 0.807. The van der Waals surface area contributed by atoms with Gasteiger partial charge < -0.3 is 10.2 Å². The van der Waals surface area contributed by atoms with Gasteiger partial charge in [-0.05, 0) is 11.4 Å². The number of carboxylic acids is 2. The Kier molecular flexibility index (Phi) is 3.47. The molecule has 1 heterocycles. The summed E-state index contributed by atoms with van der Waals surface area (Å²) in [6.07, 6.45) is -0.334. The molecule has 0 fully saturated rings. The smallest absolute Gasteiger partial charge is 0.304 e. The fourth-order valence-electron chi connectivity index (χ4n) is 1.53. The lowest BCUT2D eigenvalue weighted by molar-refractivity contribution is -0.141. The van der Waals surface area contributed by atoms with Gasteiger partial charge in [0.2, 0.25) is 0 Å². The van der Waals surface area contributed by atoms with Gasteiger partial charge in [0.25, 0.3) is 0 Å². The number of carboxylic acid groups (broad SMARTS) is 2. The topological polar surface area (TPSA) is 74.6 Å². The van der Waals surface area contributed by atoms with Crippen LogP contribution in [0.25, 0.3) is 0 Å². The van der Waals surface area contributed by atoms with Crippen LogP contribution in [0.4, 0.5) is 0 Å². The van der Waals surface area contributed by atoms with E-state index in [1.165, 1.54) is 11.3 Å². The SMILES string of the molecule is CC(CC(=O)O)(CC(=O)O)c1cccs1. The van der Waals surface area contributed by atoms with Crippen molar-refractivity contribution in [3.63, 3.8) is 0 Å². The first-order valence-corrected chi connectivity index (χ1v) is 5.29. The van der Waals surface area contributed by atoms with Gasteiger partial charge in [-0.25, -0.2) is 0 Å². The molecule has 5 heteroatoms. The van der Waals surface area contributed by atoms with E-state index in [2.05, 4.69) is 0 Å². The second-order valence-electron chi connectivity index (χ2n) is 3.68. The van der Waals surface area contributed by atoms with Crippen LogP contribution in [-0.4, -0.2) is 22.2 Å². The molecule has 0 radical (unpaired) electrons. The Morgan fingerprint density at radius 3 is 2.20 bits per heavy atom. The third-order valence-corrected chi connectivity index (χ3v) is 3.37. The van der Waals surface area contributed by atoms with Crippen molar-refractivity contribution < 1.29 is 19.8 Å². The Hall–Kier alpha value is -1.36. The highest BCUT2D eigenvalue weighted by molar-refractivity contribution is 7.10. The van der Waals surface area contributed by atoms with E-state index in [0.29, 0.717) is 0 Å². The third-order valence-electron chi connectivity index (χ3n) is 2.20. The van der Waals surface area contributed by atoms with Gasteiger partial charge in [-0.1, -0.05) is 13.0 Å². The molecule has 0 spiro atoms. The first-order chi connectivity index (χ1) is 6.94. The van der Waals surface area contributed by atoms with Crippen LogP contribution in [0.3, 0.4) is 0 Å². The van der Waals surface area contributed by atoms with E-state index in [1.54, 1.807) is 19.1 Å². The zero-order valence-corrected chi connectivity index (χ0v) is 9.08. The summed E-state index contributed by atoms with van der Waals surface area (Å²) >= 11 is 1.39. The first-order valence-electron chi connectivity index (χ1n) is 4.41. The van der Waals surface area contributed by atoms with Gasteiger partial charge in [-0.15, -0.1) is 11.3 Å². The Labute approximate surface area is 91.2 Å². The number of hydrogen-bond donors (Lipinski definition) is 2. The van der Waals surface area contributed by atoms with Crippen molar-refractivity contribution in [2.24, 2.45) is 0 Å². The monoisotopic (exact) mass is 228 g/mol. The van der Waals surface area contributed by atoms with Crippen LogP contribution < -0.4 is 0 Å². The molecular formula is C10H12O4S. The van der Waals surface area contributed by atoms with Crippen LogP contribution in [0.5, 0.6) is 0 Å². The van der Waals surface area contributed by atoms with Crippen LogP contribution in [0.1, 0.15) is 24.6 Å². The molecule has 1 aromatic heterocycles. The lowest BCUT2D eigenvalue weighted by atomic mass is 9.82. The number of thiophene rings is 1. The Balaban J connectivity index is 2.95. The first kappa shape index (κ1) is 11.7. The zero-order valence-electron chi connectivity index (χ0n) is 8.27. The molecule has 0 aliphatic carbocycles. The highest BCUT2D eigenvalue weighted by atomic mass is 32.1. The Bertz CT molecular complexity index is 340. The maximum Gasteiger partial charge on any atom is 0.304 e. The fourth-order valence-corrected chi connectivity index (χ4v) is 2.42. The fraction of sp³-hybridized carbons (Fsp3) is 0.400. The summed E-state index contributed by atoms with van der Waals surface area (Å²) in [5, 5.41) is 19.4. The molecule has 15 heavy (non-hydrogen) atoms. The molecule has 0 aromatic carbocycles. The van der Waals surface area contributed by atoms with Crippen molar-refractivity contribution in [3.05, 3.63) is 22.4 Å². The molecule has 4 nitrogen and oxygen atoms in total. The molecule has 1 aromatic rings. The number of carbonyl (C=O) groups is 2. The van der Waals surface area contributed by atoms with Crippen molar-refractivity contribution in [2.45, 2.75) is 25.2 Å². The van der Waals surface area contributed by atoms with E-state index in [1.807, 2.05) is 5.38 Å². The highest BCUT2D eigenvalue weighted by Crippen LogP contribution is 2.34. The number of rotatable bonds is 5. The van der Waals surface area contributed by atoms with E-state index >= 15 is 0 Å². The zero-order chi connectivity index (χ0) is 11.5. The highest BCUT2D eigenvalue weighted by Gasteiger charge is 2.33. The summed E-state index contributed by atoms with van der Waals surface area (Å²) < 4.78 is 0. The largest absolute Gasteiger partial charge is 0.481 e. The summed E-state index contributed by atoms with van der Waals surface area (Å²) in [5.74, 6) is -1.96. The second-order valence-corrected chi connectivity index (χ2v) is 4.63. The summed E-state index contributed by atoms with van der Waals surface area (Å²) in [4.78, 5) is 22.2. The maximum absolute atomic E-state index is 10.7. The van der Waals surface area contributed by atoms with Crippen molar-refractivity contribution >= 4 is 23.3 Å². The lowest BCUT2D eigenvalue weighted by Gasteiger charge is -2.24. The number of aliphatic carboxylic acids is 2. The van der Waals surface area contributed by atoms with E-state index in [4.69, 9.17) is 10.2 Å². The molecule has 1 rings (SSSR count). The minimum absolute atomic E-state index is 0.167. The second kappa shape index (κ2) is 4.44. The Morgan fingerprint density at radius 1 is 1.33 bits per heavy atom. The van der Waals surface area contributed by atoms with Crippen LogP contribution in [0.2, 0.25) is 0 Å². The molecule has 0 bridgehead atoms. The van der Waals surface area contributed by atoms with Gasteiger partial charge in [-0.2, -0.15) is 0 Å². The third kappa shape index (κ3) is 3.06. The predicted octanol–water partition coefficient (Wildman–Crippen LogP) is 1.96. The lowest BCUT2D eigenvalue weighted by Crippen LogP contribution is -2.27. The van der Waals surface area contributed by atoms with Crippen LogP contribution in [0.15, 0.2) is 17.5 Å². The standard InChI is InChI=1S/C10H12O4S/c1-10(5-8(11)12,6-9(13)14)7-3-2-4-15-7/h2-4H,5-6H2,1H3,(H,11,12)(H,13,14). The number of hydrogen-bond acceptors (Lipinski definition) is 3.